The molecule has 0 saturated carbocycles. The number of nitrogens with one attached hydrogen (secondary N) is 2. The summed E-state index contributed by atoms with van der Waals surface area (Å²) in [5.74, 6) is 0.408. The van der Waals surface area contributed by atoms with Crippen LogP contribution in [-0.2, 0) is 15.0 Å². The lowest BCUT2D eigenvalue weighted by Crippen LogP contribution is -2.51. The minimum atomic E-state index is -0.527. The van der Waals surface area contributed by atoms with E-state index in [1.807, 2.05) is 18.2 Å². The van der Waals surface area contributed by atoms with E-state index in [9.17, 15) is 9.59 Å². The van der Waals surface area contributed by atoms with Crippen molar-refractivity contribution in [3.05, 3.63) is 65.2 Å². The Morgan fingerprint density at radius 2 is 1.60 bits per heavy atom. The lowest BCUT2D eigenvalue weighted by molar-refractivity contribution is -0.123. The van der Waals surface area contributed by atoms with Crippen LogP contribution in [0, 0.1) is 0 Å². The fourth-order valence-corrected chi connectivity index (χ4v) is 3.18. The van der Waals surface area contributed by atoms with Crippen molar-refractivity contribution in [2.24, 2.45) is 0 Å². The molecule has 0 unspecified atom stereocenters. The van der Waals surface area contributed by atoms with E-state index in [0.717, 1.165) is 11.3 Å². The Morgan fingerprint density at radius 1 is 0.933 bits per heavy atom. The van der Waals surface area contributed by atoms with E-state index in [2.05, 4.69) is 37.5 Å². The first kappa shape index (κ1) is 21.5. The van der Waals surface area contributed by atoms with Gasteiger partial charge in [-0.15, -0.1) is 0 Å². The van der Waals surface area contributed by atoms with E-state index in [0.29, 0.717) is 24.5 Å². The molecule has 1 aliphatic heterocycles. The van der Waals surface area contributed by atoms with Crippen molar-refractivity contribution in [2.75, 3.05) is 13.2 Å². The zero-order valence-electron chi connectivity index (χ0n) is 17.2. The van der Waals surface area contributed by atoms with Crippen molar-refractivity contribution in [1.82, 2.24) is 10.6 Å². The topological polar surface area (TPSA) is 76.7 Å². The molecule has 2 aromatic rings. The third-order valence-corrected chi connectivity index (χ3v) is 4.62. The molecule has 3 rings (SSSR count). The van der Waals surface area contributed by atoms with Gasteiger partial charge in [-0.3, -0.25) is 20.2 Å². The molecular formula is C23H24N2O4S. The Kier molecular flexibility index (Phi) is 6.52. The number of thiocarbonyl (C=S) groups is 1. The van der Waals surface area contributed by atoms with Gasteiger partial charge in [0.2, 0.25) is 0 Å². The summed E-state index contributed by atoms with van der Waals surface area (Å²) in [7, 11) is 0. The second-order valence-corrected chi connectivity index (χ2v) is 8.22. The maximum atomic E-state index is 12.0. The van der Waals surface area contributed by atoms with E-state index in [-0.39, 0.29) is 16.1 Å². The molecule has 7 heteroatoms. The minimum absolute atomic E-state index is 0.00673. The molecule has 0 aliphatic carbocycles. The van der Waals surface area contributed by atoms with Crippen LogP contribution in [0.15, 0.2) is 54.1 Å². The Labute approximate surface area is 181 Å². The van der Waals surface area contributed by atoms with Crippen LogP contribution in [0.1, 0.15) is 31.9 Å². The highest BCUT2D eigenvalue weighted by Crippen LogP contribution is 2.30. The smallest absolute Gasteiger partial charge is 0.263 e. The summed E-state index contributed by atoms with van der Waals surface area (Å²) in [6.45, 7) is 7.18. The van der Waals surface area contributed by atoms with Gasteiger partial charge in [0.05, 0.1) is 0 Å². The fraction of sp³-hybridized carbons (Fsp3) is 0.261. The van der Waals surface area contributed by atoms with Gasteiger partial charge in [-0.1, -0.05) is 51.1 Å². The first-order valence-electron chi connectivity index (χ1n) is 9.57. The normalized spacial score (nSPS) is 14.1. The van der Waals surface area contributed by atoms with Gasteiger partial charge in [0.25, 0.3) is 11.8 Å². The van der Waals surface area contributed by atoms with Crippen molar-refractivity contribution < 1.29 is 19.1 Å². The predicted molar refractivity (Wildman–Crippen MR) is 119 cm³/mol. The summed E-state index contributed by atoms with van der Waals surface area (Å²) in [5.41, 5.74) is 1.78. The Hall–Kier alpha value is -3.19. The molecule has 1 aliphatic rings. The molecule has 0 spiro atoms. The third kappa shape index (κ3) is 5.45. The third-order valence-electron chi connectivity index (χ3n) is 4.42. The van der Waals surface area contributed by atoms with Crippen LogP contribution < -0.4 is 20.1 Å². The second kappa shape index (κ2) is 9.09. The molecular weight excluding hydrogens is 400 g/mol. The van der Waals surface area contributed by atoms with E-state index in [1.165, 1.54) is 6.08 Å². The van der Waals surface area contributed by atoms with E-state index in [1.54, 1.807) is 24.3 Å². The number of ether oxygens (including phenoxy) is 2. The maximum absolute atomic E-state index is 12.0. The largest absolute Gasteiger partial charge is 0.490 e. The van der Waals surface area contributed by atoms with Gasteiger partial charge in [-0.2, -0.15) is 0 Å². The Balaban J connectivity index is 1.61. The van der Waals surface area contributed by atoms with E-state index >= 15 is 0 Å². The number of amides is 2. The Bertz CT molecular complexity index is 986. The molecule has 2 N–H and O–H groups in total. The summed E-state index contributed by atoms with van der Waals surface area (Å²) in [6.07, 6.45) is 1.50. The number of carbonyl (C=O) groups is 2. The number of hydrogen-bond donors (Lipinski definition) is 2. The summed E-state index contributed by atoms with van der Waals surface area (Å²) >= 11 is 4.80. The Morgan fingerprint density at radius 3 is 2.30 bits per heavy atom. The molecule has 6 nitrogen and oxygen atoms in total. The van der Waals surface area contributed by atoms with Gasteiger partial charge in [0, 0.05) is 0 Å². The number of benzene rings is 2. The molecule has 0 bridgehead atoms. The molecule has 30 heavy (non-hydrogen) atoms. The molecule has 0 radical (unpaired) electrons. The lowest BCUT2D eigenvalue weighted by Gasteiger charge is -2.22. The summed E-state index contributed by atoms with van der Waals surface area (Å²) in [6, 6.07) is 15.1. The number of para-hydroxylation sites is 1. The van der Waals surface area contributed by atoms with Gasteiger partial charge >= 0.3 is 0 Å². The fourth-order valence-electron chi connectivity index (χ4n) is 2.99. The van der Waals surface area contributed by atoms with Crippen LogP contribution in [0.4, 0.5) is 0 Å². The molecule has 1 heterocycles. The van der Waals surface area contributed by atoms with Crippen LogP contribution in [0.3, 0.4) is 0 Å². The highest BCUT2D eigenvalue weighted by atomic mass is 32.1. The second-order valence-electron chi connectivity index (χ2n) is 7.81. The van der Waals surface area contributed by atoms with Crippen LogP contribution in [0.2, 0.25) is 0 Å². The average molecular weight is 425 g/mol. The zero-order valence-corrected chi connectivity index (χ0v) is 18.0. The highest BCUT2D eigenvalue weighted by molar-refractivity contribution is 7.80. The van der Waals surface area contributed by atoms with Gasteiger partial charge in [-0.05, 0) is 53.0 Å². The summed E-state index contributed by atoms with van der Waals surface area (Å²) in [5, 5.41) is 4.83. The zero-order chi connectivity index (χ0) is 21.7. The monoisotopic (exact) mass is 424 g/mol. The van der Waals surface area contributed by atoms with Crippen molar-refractivity contribution in [3.63, 3.8) is 0 Å². The summed E-state index contributed by atoms with van der Waals surface area (Å²) in [4.78, 5) is 23.9. The van der Waals surface area contributed by atoms with Crippen molar-refractivity contribution in [1.29, 1.82) is 0 Å². The van der Waals surface area contributed by atoms with Crippen LogP contribution in [0.25, 0.3) is 6.08 Å². The van der Waals surface area contributed by atoms with Crippen molar-refractivity contribution in [2.45, 2.75) is 26.2 Å². The van der Waals surface area contributed by atoms with Crippen LogP contribution in [-0.4, -0.2) is 30.1 Å². The van der Waals surface area contributed by atoms with E-state index in [4.69, 9.17) is 21.7 Å². The summed E-state index contributed by atoms with van der Waals surface area (Å²) < 4.78 is 11.7. The lowest BCUT2D eigenvalue weighted by atomic mass is 9.86. The molecule has 1 saturated heterocycles. The molecule has 156 valence electrons. The predicted octanol–water partition coefficient (Wildman–Crippen LogP) is 3.36. The SMILES string of the molecule is CC(C)(C)c1ccccc1OCCOc1cccc(C=C2C(=O)NC(=S)NC2=O)c1. The van der Waals surface area contributed by atoms with E-state index < -0.39 is 11.8 Å². The van der Waals surface area contributed by atoms with Gasteiger partial charge in [-0.25, -0.2) is 0 Å². The highest BCUT2D eigenvalue weighted by Gasteiger charge is 2.25. The van der Waals surface area contributed by atoms with Gasteiger partial charge in [0.15, 0.2) is 5.11 Å². The number of carbonyl (C=O) groups excluding carboxylic acids is 2. The molecule has 0 aromatic heterocycles. The quantitative estimate of drug-likeness (QED) is 0.322. The van der Waals surface area contributed by atoms with Crippen molar-refractivity contribution >= 4 is 35.2 Å². The van der Waals surface area contributed by atoms with Gasteiger partial charge in [0.1, 0.15) is 30.3 Å². The molecule has 1 fully saturated rings. The first-order chi connectivity index (χ1) is 14.2. The first-order valence-corrected chi connectivity index (χ1v) is 9.98. The van der Waals surface area contributed by atoms with Crippen LogP contribution >= 0.6 is 12.2 Å². The number of rotatable bonds is 6. The molecule has 0 atom stereocenters. The molecule has 2 aromatic carbocycles. The van der Waals surface area contributed by atoms with Gasteiger partial charge < -0.3 is 9.47 Å². The maximum Gasteiger partial charge on any atom is 0.263 e. The minimum Gasteiger partial charge on any atom is -0.490 e. The van der Waals surface area contributed by atoms with Crippen molar-refractivity contribution in [3.8, 4) is 11.5 Å². The molecule has 2 amide bonds. The standard InChI is InChI=1S/C23H24N2O4S/c1-23(2,3)18-9-4-5-10-19(18)29-12-11-28-16-8-6-7-15(13-16)14-17-20(26)24-22(30)25-21(17)27/h4-10,13-14H,11-12H2,1-3H3,(H2,24,25,26,27,30). The van der Waals surface area contributed by atoms with Crippen LogP contribution in [0.5, 0.6) is 11.5 Å². The number of hydrogen-bond acceptors (Lipinski definition) is 5. The average Bonchev–Trinajstić information content (AvgIpc) is 2.68.